The first-order valence-corrected chi connectivity index (χ1v) is 7.73. The van der Waals surface area contributed by atoms with Crippen molar-refractivity contribution < 1.29 is 0 Å². The van der Waals surface area contributed by atoms with Crippen molar-refractivity contribution in [2.45, 2.75) is 45.0 Å². The molecule has 0 saturated heterocycles. The maximum atomic E-state index is 5.66. The highest BCUT2D eigenvalue weighted by molar-refractivity contribution is 9.10. The van der Waals surface area contributed by atoms with Gasteiger partial charge in [-0.1, -0.05) is 20.8 Å². The fourth-order valence-corrected chi connectivity index (χ4v) is 3.01. The van der Waals surface area contributed by atoms with Crippen LogP contribution in [0, 0.1) is 0 Å². The summed E-state index contributed by atoms with van der Waals surface area (Å²) in [5.41, 5.74) is 4.03. The van der Waals surface area contributed by atoms with Gasteiger partial charge in [0.05, 0.1) is 22.4 Å². The van der Waals surface area contributed by atoms with Gasteiger partial charge in [0.1, 0.15) is 0 Å². The summed E-state index contributed by atoms with van der Waals surface area (Å²) >= 11 is 5.44. The highest BCUT2D eigenvalue weighted by Gasteiger charge is 2.19. The summed E-state index contributed by atoms with van der Waals surface area (Å²) in [6.45, 7) is 7.45. The number of aromatic nitrogens is 2. The molecule has 0 radical (unpaired) electrons. The highest BCUT2D eigenvalue weighted by Crippen LogP contribution is 2.27. The fourth-order valence-electron chi connectivity index (χ4n) is 1.60. The zero-order valence-corrected chi connectivity index (χ0v) is 13.0. The van der Waals surface area contributed by atoms with Crippen LogP contribution in [0.15, 0.2) is 10.7 Å². The molecule has 3 N–H and O–H groups in total. The number of hydrogen-bond acceptors (Lipinski definition) is 4. The molecular formula is C11H21BrN4S. The zero-order chi connectivity index (χ0) is 12.8. The molecule has 1 aromatic rings. The van der Waals surface area contributed by atoms with Gasteiger partial charge in [-0.3, -0.25) is 16.0 Å². The number of rotatable bonds is 7. The monoisotopic (exact) mass is 320 g/mol. The summed E-state index contributed by atoms with van der Waals surface area (Å²) in [5.74, 6) is 6.61. The van der Waals surface area contributed by atoms with Crippen LogP contribution in [-0.2, 0) is 6.54 Å². The molecule has 17 heavy (non-hydrogen) atoms. The van der Waals surface area contributed by atoms with E-state index in [2.05, 4.69) is 47.2 Å². The smallest absolute Gasteiger partial charge is 0.0730 e. The predicted molar refractivity (Wildman–Crippen MR) is 77.9 cm³/mol. The van der Waals surface area contributed by atoms with Crippen LogP contribution in [0.5, 0.6) is 0 Å². The maximum Gasteiger partial charge on any atom is 0.0730 e. The second kappa shape index (κ2) is 7.41. The molecule has 0 amide bonds. The summed E-state index contributed by atoms with van der Waals surface area (Å²) < 4.78 is 3.05. The lowest BCUT2D eigenvalue weighted by Crippen LogP contribution is -2.32. The Morgan fingerprint density at radius 2 is 2.29 bits per heavy atom. The van der Waals surface area contributed by atoms with E-state index in [0.29, 0.717) is 5.25 Å². The van der Waals surface area contributed by atoms with Crippen LogP contribution >= 0.6 is 27.7 Å². The average Bonchev–Trinajstić information content (AvgIpc) is 2.63. The quantitative estimate of drug-likeness (QED) is 0.599. The van der Waals surface area contributed by atoms with Crippen molar-refractivity contribution >= 4 is 27.7 Å². The molecule has 0 aliphatic rings. The summed E-state index contributed by atoms with van der Waals surface area (Å²) in [6, 6.07) is 0.130. The Kier molecular flexibility index (Phi) is 6.54. The van der Waals surface area contributed by atoms with Gasteiger partial charge < -0.3 is 0 Å². The topological polar surface area (TPSA) is 55.9 Å². The lowest BCUT2D eigenvalue weighted by Gasteiger charge is -2.19. The van der Waals surface area contributed by atoms with E-state index in [0.717, 1.165) is 28.9 Å². The first-order chi connectivity index (χ1) is 8.10. The van der Waals surface area contributed by atoms with E-state index in [-0.39, 0.29) is 6.04 Å². The number of aryl methyl sites for hydroxylation is 1. The number of nitrogens with two attached hydrogens (primary N) is 1. The van der Waals surface area contributed by atoms with E-state index in [1.165, 1.54) is 0 Å². The Hall–Kier alpha value is -0.0400. The number of hydrazine groups is 1. The van der Waals surface area contributed by atoms with Crippen molar-refractivity contribution in [3.63, 3.8) is 0 Å². The van der Waals surface area contributed by atoms with E-state index in [4.69, 9.17) is 5.84 Å². The Morgan fingerprint density at radius 3 is 2.82 bits per heavy atom. The van der Waals surface area contributed by atoms with Crippen LogP contribution < -0.4 is 11.3 Å². The lowest BCUT2D eigenvalue weighted by molar-refractivity contribution is 0.507. The molecule has 4 nitrogen and oxygen atoms in total. The van der Waals surface area contributed by atoms with Crippen molar-refractivity contribution in [1.29, 1.82) is 0 Å². The van der Waals surface area contributed by atoms with Gasteiger partial charge in [0, 0.05) is 12.3 Å². The molecule has 0 fully saturated rings. The van der Waals surface area contributed by atoms with E-state index in [1.54, 1.807) is 0 Å². The fraction of sp³-hybridized carbons (Fsp3) is 0.727. The molecule has 98 valence electrons. The summed E-state index contributed by atoms with van der Waals surface area (Å²) in [6.07, 6.45) is 2.91. The molecule has 1 heterocycles. The number of nitrogens with one attached hydrogen (secondary N) is 1. The second-order valence-electron chi connectivity index (χ2n) is 4.20. The van der Waals surface area contributed by atoms with Gasteiger partial charge in [-0.15, -0.1) is 0 Å². The first kappa shape index (κ1) is 15.0. The van der Waals surface area contributed by atoms with Gasteiger partial charge in [-0.05, 0) is 27.6 Å². The van der Waals surface area contributed by atoms with E-state index < -0.39 is 0 Å². The third-order valence-electron chi connectivity index (χ3n) is 2.40. The zero-order valence-electron chi connectivity index (χ0n) is 10.6. The van der Waals surface area contributed by atoms with Crippen LogP contribution in [-0.4, -0.2) is 20.8 Å². The van der Waals surface area contributed by atoms with Crippen LogP contribution in [0.3, 0.4) is 0 Å². The van der Waals surface area contributed by atoms with E-state index >= 15 is 0 Å². The van der Waals surface area contributed by atoms with Crippen LogP contribution in [0.4, 0.5) is 0 Å². The number of halogens is 1. The molecule has 0 saturated carbocycles. The Bertz CT molecular complexity index is 340. The molecule has 6 heteroatoms. The molecule has 1 unspecified atom stereocenters. The van der Waals surface area contributed by atoms with Gasteiger partial charge in [0.15, 0.2) is 0 Å². The Morgan fingerprint density at radius 1 is 1.59 bits per heavy atom. The predicted octanol–water partition coefficient (Wildman–Crippen LogP) is 2.70. The number of thioether (sulfide) groups is 1. The van der Waals surface area contributed by atoms with E-state index in [9.17, 15) is 0 Å². The summed E-state index contributed by atoms with van der Waals surface area (Å²) in [5, 5.41) is 4.97. The molecule has 0 bridgehead atoms. The third-order valence-corrected chi connectivity index (χ3v) is 4.20. The minimum absolute atomic E-state index is 0.130. The summed E-state index contributed by atoms with van der Waals surface area (Å²) in [4.78, 5) is 0. The highest BCUT2D eigenvalue weighted by atomic mass is 79.9. The van der Waals surface area contributed by atoms with Crippen molar-refractivity contribution in [2.75, 3.05) is 5.75 Å². The third kappa shape index (κ3) is 4.28. The minimum atomic E-state index is 0.130. The molecule has 1 aromatic heterocycles. The average molecular weight is 321 g/mol. The van der Waals surface area contributed by atoms with Crippen molar-refractivity contribution in [3.8, 4) is 0 Å². The van der Waals surface area contributed by atoms with Crippen molar-refractivity contribution in [1.82, 2.24) is 15.2 Å². The van der Waals surface area contributed by atoms with Crippen molar-refractivity contribution in [2.24, 2.45) is 5.84 Å². The Balaban J connectivity index is 2.82. The second-order valence-corrected chi connectivity index (χ2v) is 6.67. The molecular weight excluding hydrogens is 300 g/mol. The molecule has 1 rings (SSSR count). The molecule has 1 atom stereocenters. The first-order valence-electron chi connectivity index (χ1n) is 5.89. The minimum Gasteiger partial charge on any atom is -0.271 e. The van der Waals surface area contributed by atoms with Gasteiger partial charge in [-0.2, -0.15) is 16.9 Å². The number of nitrogens with zero attached hydrogens (tertiary/aromatic N) is 2. The van der Waals surface area contributed by atoms with Crippen LogP contribution in [0.2, 0.25) is 0 Å². The van der Waals surface area contributed by atoms with Gasteiger partial charge in [0.2, 0.25) is 0 Å². The molecule has 0 aliphatic carbocycles. The lowest BCUT2D eigenvalue weighted by atomic mass is 10.2. The standard InChI is InChI=1S/C11H21BrN4S/c1-4-5-16-11(9(12)6-14-16)10(15-13)7-17-8(2)3/h6,8,10,15H,4-5,7,13H2,1-3H3. The van der Waals surface area contributed by atoms with Gasteiger partial charge in [0.25, 0.3) is 0 Å². The van der Waals surface area contributed by atoms with Gasteiger partial charge >= 0.3 is 0 Å². The van der Waals surface area contributed by atoms with Gasteiger partial charge in [-0.25, -0.2) is 0 Å². The van der Waals surface area contributed by atoms with Crippen LogP contribution in [0.25, 0.3) is 0 Å². The Labute approximate surface area is 116 Å². The number of hydrogen-bond donors (Lipinski definition) is 2. The molecule has 0 aromatic carbocycles. The normalized spacial score (nSPS) is 13.3. The summed E-state index contributed by atoms with van der Waals surface area (Å²) in [7, 11) is 0. The van der Waals surface area contributed by atoms with Crippen LogP contribution in [0.1, 0.15) is 38.9 Å². The maximum absolute atomic E-state index is 5.66. The molecule has 0 spiro atoms. The SMILES string of the molecule is CCCn1ncc(Br)c1C(CSC(C)C)NN. The largest absolute Gasteiger partial charge is 0.271 e. The molecule has 0 aliphatic heterocycles. The van der Waals surface area contributed by atoms with Crippen molar-refractivity contribution in [3.05, 3.63) is 16.4 Å². The van der Waals surface area contributed by atoms with E-state index in [1.807, 2.05) is 22.6 Å².